The molecular formula is C35H54N10O2S2. The lowest BCUT2D eigenvalue weighted by Gasteiger charge is -2.23. The van der Waals surface area contributed by atoms with Crippen LogP contribution < -0.4 is 45.5 Å². The predicted octanol–water partition coefficient (Wildman–Crippen LogP) is 4.82. The van der Waals surface area contributed by atoms with E-state index in [0.29, 0.717) is 47.2 Å². The van der Waals surface area contributed by atoms with E-state index in [1.807, 2.05) is 56.2 Å². The number of guanidine groups is 2. The molecule has 0 saturated heterocycles. The minimum atomic E-state index is -0.166. The number of nitrogens with one attached hydrogen (secondary N) is 1. The molecule has 0 saturated carbocycles. The molecule has 0 aliphatic heterocycles. The summed E-state index contributed by atoms with van der Waals surface area (Å²) in [6.45, 7) is 17.7. The van der Waals surface area contributed by atoms with Crippen LogP contribution in [0.25, 0.3) is 0 Å². The van der Waals surface area contributed by atoms with Crippen LogP contribution in [-0.2, 0) is 15.6 Å². The van der Waals surface area contributed by atoms with E-state index in [2.05, 4.69) is 56.8 Å². The topological polar surface area (TPSA) is 253 Å². The Bertz CT molecular complexity index is 1580. The third kappa shape index (κ3) is 14.6. The molecule has 0 aliphatic rings. The van der Waals surface area contributed by atoms with Crippen LogP contribution >= 0.6 is 23.5 Å². The van der Waals surface area contributed by atoms with Gasteiger partial charge in [0.25, 0.3) is 5.91 Å². The fourth-order valence-electron chi connectivity index (χ4n) is 4.24. The Balaban J connectivity index is 0.000000499. The quantitative estimate of drug-likeness (QED) is 0.0465. The van der Waals surface area contributed by atoms with Crippen LogP contribution in [0.1, 0.15) is 68.6 Å². The molecule has 3 rings (SSSR count). The minimum Gasteiger partial charge on any atom is -0.398 e. The Morgan fingerprint density at radius 1 is 0.714 bits per heavy atom. The third-order valence-electron chi connectivity index (χ3n) is 6.79. The number of benzene rings is 3. The number of hydrogen-bond acceptors (Lipinski definition) is 9. The van der Waals surface area contributed by atoms with E-state index < -0.39 is 0 Å². The van der Waals surface area contributed by atoms with Crippen molar-refractivity contribution in [2.45, 2.75) is 69.1 Å². The Morgan fingerprint density at radius 2 is 1.14 bits per heavy atom. The number of nitrogen functional groups attached to an aromatic ring is 3. The maximum Gasteiger partial charge on any atom is 0.255 e. The summed E-state index contributed by atoms with van der Waals surface area (Å²) < 4.78 is 0. The first-order chi connectivity index (χ1) is 22.8. The largest absolute Gasteiger partial charge is 0.398 e. The maximum absolute atomic E-state index is 12.8. The van der Waals surface area contributed by atoms with E-state index >= 15 is 0 Å². The molecule has 3 aromatic carbocycles. The van der Waals surface area contributed by atoms with Crippen LogP contribution in [0.2, 0.25) is 0 Å². The highest BCUT2D eigenvalue weighted by Crippen LogP contribution is 2.38. The second-order valence-corrected chi connectivity index (χ2v) is 15.3. The number of hydrogen-bond donors (Lipinski definition) is 8. The molecule has 0 aliphatic carbocycles. The molecule has 3 aromatic rings. The molecule has 12 nitrogen and oxygen atoms in total. The second kappa shape index (κ2) is 19.4. The number of aryl methyl sites for hydroxylation is 1. The number of carbonyl (C=O) groups excluding carboxylic acids is 2. The number of thioether (sulfide) groups is 2. The van der Waals surface area contributed by atoms with Crippen LogP contribution in [0, 0.1) is 6.92 Å². The molecule has 1 amide bonds. The lowest BCUT2D eigenvalue weighted by Crippen LogP contribution is -2.23. The number of aliphatic imine (C=N–C) groups is 2. The summed E-state index contributed by atoms with van der Waals surface area (Å²) in [5.74, 6) is 1.38. The molecule has 0 unspecified atom stereocenters. The number of carbonyl (C=O) groups is 2. The monoisotopic (exact) mass is 710 g/mol. The van der Waals surface area contributed by atoms with Gasteiger partial charge in [-0.25, -0.2) is 0 Å². The van der Waals surface area contributed by atoms with Crippen molar-refractivity contribution in [1.82, 2.24) is 0 Å². The fraction of sp³-hybridized carbons (Fsp3) is 0.371. The van der Waals surface area contributed by atoms with Gasteiger partial charge in [-0.05, 0) is 65.3 Å². The van der Waals surface area contributed by atoms with Gasteiger partial charge < -0.3 is 50.2 Å². The summed E-state index contributed by atoms with van der Waals surface area (Å²) in [6, 6.07) is 15.4. The normalized spacial score (nSPS) is 10.8. The van der Waals surface area contributed by atoms with Crippen LogP contribution in [0.3, 0.4) is 0 Å². The maximum atomic E-state index is 12.8. The van der Waals surface area contributed by atoms with Gasteiger partial charge in [0.2, 0.25) is 0 Å². The lowest BCUT2D eigenvalue weighted by atomic mass is 9.86. The lowest BCUT2D eigenvalue weighted by molar-refractivity contribution is -0.0980. The molecule has 268 valence electrons. The first-order valence-corrected chi connectivity index (χ1v) is 17.4. The average molecular weight is 711 g/mol. The van der Waals surface area contributed by atoms with Gasteiger partial charge in [0.1, 0.15) is 6.79 Å². The van der Waals surface area contributed by atoms with Crippen LogP contribution in [0.15, 0.2) is 68.3 Å². The van der Waals surface area contributed by atoms with Gasteiger partial charge in [0.15, 0.2) is 11.9 Å². The van der Waals surface area contributed by atoms with Gasteiger partial charge in [-0.2, -0.15) is 0 Å². The molecule has 49 heavy (non-hydrogen) atoms. The number of amides is 1. The standard InChI is InChI=1S/C21H29N5OS.C13H23N5S.CH2O/c1-13-6-5-7-14(10-13)19(27)26-17-12-15(21(2,3)4)11-16(22)18(17)28-9-8-25-20(23)24;1-13(2,3)8-6-9(14)11(10(15)7-8)19-5-4-18-12(16)17;1-2/h5-7,10-12H,8-9,22H2,1-4H3,(H,26,27)(H4,23,24,25);6-7H,4-5,14-15H2,1-3H3,(H4,16,17,18);1H2. The summed E-state index contributed by atoms with van der Waals surface area (Å²) in [7, 11) is 0. The molecule has 0 aromatic heterocycles. The first-order valence-electron chi connectivity index (χ1n) is 15.5. The third-order valence-corrected chi connectivity index (χ3v) is 9.07. The molecule has 0 bridgehead atoms. The van der Waals surface area contributed by atoms with Crippen molar-refractivity contribution < 1.29 is 9.59 Å². The molecule has 15 N–H and O–H groups in total. The van der Waals surface area contributed by atoms with Crippen LogP contribution in [0.5, 0.6) is 0 Å². The highest BCUT2D eigenvalue weighted by Gasteiger charge is 2.20. The second-order valence-electron chi connectivity index (χ2n) is 13.1. The number of nitrogens with two attached hydrogens (primary N) is 7. The predicted molar refractivity (Wildman–Crippen MR) is 213 cm³/mol. The van der Waals surface area contributed by atoms with Gasteiger partial charge >= 0.3 is 0 Å². The molecule has 14 heteroatoms. The first kappa shape index (κ1) is 42.5. The van der Waals surface area contributed by atoms with Crippen molar-refractivity contribution >= 4 is 70.9 Å². The van der Waals surface area contributed by atoms with E-state index in [9.17, 15) is 4.79 Å². The van der Waals surface area contributed by atoms with Gasteiger partial charge in [0.05, 0.1) is 28.6 Å². The van der Waals surface area contributed by atoms with Gasteiger partial charge in [-0.15, -0.1) is 23.5 Å². The van der Waals surface area contributed by atoms with Gasteiger partial charge in [-0.3, -0.25) is 14.8 Å². The summed E-state index contributed by atoms with van der Waals surface area (Å²) in [5, 5.41) is 3.03. The van der Waals surface area contributed by atoms with E-state index in [-0.39, 0.29) is 28.7 Å². The van der Waals surface area contributed by atoms with Gasteiger partial charge in [-0.1, -0.05) is 59.2 Å². The Kier molecular flexibility index (Phi) is 16.8. The van der Waals surface area contributed by atoms with E-state index in [1.54, 1.807) is 17.8 Å². The fourth-order valence-corrected chi connectivity index (χ4v) is 5.95. The van der Waals surface area contributed by atoms with Crippen molar-refractivity contribution in [3.05, 3.63) is 70.8 Å². The Morgan fingerprint density at radius 3 is 1.57 bits per heavy atom. The summed E-state index contributed by atoms with van der Waals surface area (Å²) in [5.41, 5.74) is 46.3. The number of rotatable bonds is 10. The molecule has 0 spiro atoms. The van der Waals surface area contributed by atoms with Crippen molar-refractivity contribution in [2.75, 3.05) is 47.1 Å². The highest BCUT2D eigenvalue weighted by atomic mass is 32.2. The molecule has 0 atom stereocenters. The zero-order valence-corrected chi connectivity index (χ0v) is 31.4. The van der Waals surface area contributed by atoms with Crippen molar-refractivity contribution in [3.8, 4) is 0 Å². The van der Waals surface area contributed by atoms with Gasteiger partial charge in [0, 0.05) is 34.1 Å². The highest BCUT2D eigenvalue weighted by molar-refractivity contribution is 7.99. The number of nitrogens with zero attached hydrogens (tertiary/aromatic N) is 2. The van der Waals surface area contributed by atoms with Crippen molar-refractivity contribution in [2.24, 2.45) is 32.9 Å². The Labute approximate surface area is 299 Å². The number of anilines is 4. The van der Waals surface area contributed by atoms with E-state index in [4.69, 9.17) is 44.9 Å². The molecular weight excluding hydrogens is 657 g/mol. The smallest absolute Gasteiger partial charge is 0.255 e. The van der Waals surface area contributed by atoms with Crippen molar-refractivity contribution in [3.63, 3.8) is 0 Å². The van der Waals surface area contributed by atoms with E-state index in [0.717, 1.165) is 32.2 Å². The summed E-state index contributed by atoms with van der Waals surface area (Å²) in [6.07, 6.45) is 0. The Hall–Kier alpha value is -4.56. The SMILES string of the molecule is C=O.CC(C)(C)c1cc(N)c(SCCN=C(N)N)c(N)c1.Cc1cccc(C(=O)Nc2cc(C(C)(C)C)cc(N)c2SCCN=C(N)N)c1. The molecule has 0 fully saturated rings. The molecule has 0 heterocycles. The summed E-state index contributed by atoms with van der Waals surface area (Å²) in [4.78, 5) is 30.4. The summed E-state index contributed by atoms with van der Waals surface area (Å²) >= 11 is 3.08. The van der Waals surface area contributed by atoms with Crippen LogP contribution in [0.4, 0.5) is 22.7 Å². The minimum absolute atomic E-state index is 0.0315. The van der Waals surface area contributed by atoms with Crippen molar-refractivity contribution in [1.29, 1.82) is 0 Å². The molecule has 0 radical (unpaired) electrons. The zero-order chi connectivity index (χ0) is 37.5. The zero-order valence-electron chi connectivity index (χ0n) is 29.7. The van der Waals surface area contributed by atoms with E-state index in [1.165, 1.54) is 11.8 Å². The van der Waals surface area contributed by atoms with Crippen LogP contribution in [-0.4, -0.2) is 49.2 Å². The average Bonchev–Trinajstić information content (AvgIpc) is 2.99.